The van der Waals surface area contributed by atoms with Gasteiger partial charge in [-0.3, -0.25) is 13.9 Å². The molecule has 1 aliphatic heterocycles. The number of aliphatic hydroxyl groups is 1. The predicted molar refractivity (Wildman–Crippen MR) is 106 cm³/mol. The Morgan fingerprint density at radius 3 is 2.84 bits per heavy atom. The third kappa shape index (κ3) is 5.22. The number of ether oxygens (including phenoxy) is 2. The van der Waals surface area contributed by atoms with Gasteiger partial charge in [-0.15, -0.1) is 0 Å². The zero-order valence-electron chi connectivity index (χ0n) is 17.2. The number of anilines is 1. The fraction of sp³-hybridized carbons (Fsp3) is 0.667. The molecule has 0 radical (unpaired) electrons. The lowest BCUT2D eigenvalue weighted by Gasteiger charge is -2.28. The smallest absolute Gasteiger partial charge is 0.406 e. The van der Waals surface area contributed by atoms with E-state index in [-0.39, 0.29) is 5.82 Å². The van der Waals surface area contributed by atoms with Gasteiger partial charge in [0.2, 0.25) is 0 Å². The summed E-state index contributed by atoms with van der Waals surface area (Å²) in [5.41, 5.74) is 12.0. The largest absolute Gasteiger partial charge is 0.468 e. The first kappa shape index (κ1) is 24.8. The summed E-state index contributed by atoms with van der Waals surface area (Å²) in [4.78, 5) is 30.1. The zero-order chi connectivity index (χ0) is 23.4. The fourth-order valence-corrected chi connectivity index (χ4v) is 4.18. The lowest BCUT2D eigenvalue weighted by atomic mass is 9.93. The van der Waals surface area contributed by atoms with E-state index in [0.29, 0.717) is 0 Å². The first-order valence-corrected chi connectivity index (χ1v) is 10.5. The molecule has 0 spiro atoms. The molecule has 2 heterocycles. The third-order valence-electron chi connectivity index (χ3n) is 4.67. The van der Waals surface area contributed by atoms with E-state index in [0.717, 1.165) is 18.8 Å². The second-order valence-electron chi connectivity index (χ2n) is 6.78. The lowest BCUT2D eigenvalue weighted by molar-refractivity contribution is -0.142. The quantitative estimate of drug-likeness (QED) is 0.147. The third-order valence-corrected chi connectivity index (χ3v) is 6.35. The van der Waals surface area contributed by atoms with Crippen LogP contribution in [0.4, 0.5) is 5.82 Å². The normalized spacial score (nSPS) is 28.4. The van der Waals surface area contributed by atoms with Crippen molar-refractivity contribution < 1.29 is 33.0 Å². The molecule has 1 aromatic heterocycles. The highest BCUT2D eigenvalue weighted by molar-refractivity contribution is 7.51. The summed E-state index contributed by atoms with van der Waals surface area (Å²) >= 11 is 0. The summed E-state index contributed by atoms with van der Waals surface area (Å²) < 4.78 is 34.1. The van der Waals surface area contributed by atoms with Gasteiger partial charge in [-0.1, -0.05) is 5.11 Å². The number of esters is 1. The van der Waals surface area contributed by atoms with Crippen molar-refractivity contribution in [1.82, 2.24) is 14.6 Å². The molecule has 0 amide bonds. The van der Waals surface area contributed by atoms with Crippen LogP contribution in [0.2, 0.25) is 0 Å². The van der Waals surface area contributed by atoms with Crippen molar-refractivity contribution >= 4 is 19.5 Å². The van der Waals surface area contributed by atoms with Crippen LogP contribution in [0.1, 0.15) is 20.1 Å². The van der Waals surface area contributed by atoms with Crippen molar-refractivity contribution in [2.75, 3.05) is 26.6 Å². The van der Waals surface area contributed by atoms with Gasteiger partial charge in [-0.25, -0.2) is 14.4 Å². The maximum atomic E-state index is 12.7. The highest BCUT2D eigenvalue weighted by Crippen LogP contribution is 2.46. The second-order valence-corrected chi connectivity index (χ2v) is 8.66. The molecule has 4 N–H and O–H groups in total. The number of carbonyl (C=O) groups is 1. The van der Waals surface area contributed by atoms with Crippen LogP contribution in [0.15, 0.2) is 22.2 Å². The van der Waals surface area contributed by atoms with Gasteiger partial charge >= 0.3 is 19.4 Å². The Morgan fingerprint density at radius 2 is 2.29 bits per heavy atom. The van der Waals surface area contributed by atoms with Crippen molar-refractivity contribution in [2.45, 2.75) is 43.9 Å². The molecule has 16 heteroatoms. The summed E-state index contributed by atoms with van der Waals surface area (Å²) in [6.45, 7) is 2.26. The van der Waals surface area contributed by atoms with Crippen LogP contribution < -0.4 is 16.5 Å². The van der Waals surface area contributed by atoms with E-state index in [9.17, 15) is 19.3 Å². The molecule has 2 unspecified atom stereocenters. The van der Waals surface area contributed by atoms with E-state index in [1.165, 1.54) is 26.1 Å². The van der Waals surface area contributed by atoms with Gasteiger partial charge in [-0.2, -0.15) is 4.98 Å². The number of aromatic nitrogens is 2. The van der Waals surface area contributed by atoms with E-state index >= 15 is 0 Å². The van der Waals surface area contributed by atoms with E-state index in [1.54, 1.807) is 0 Å². The average Bonchev–Trinajstić information content (AvgIpc) is 2.96. The molecule has 1 saturated heterocycles. The highest BCUT2D eigenvalue weighted by atomic mass is 31.2. The molecule has 1 aliphatic rings. The Bertz CT molecular complexity index is 967. The molecule has 0 bridgehead atoms. The monoisotopic (exact) mass is 461 g/mol. The van der Waals surface area contributed by atoms with Crippen molar-refractivity contribution in [3.8, 4) is 0 Å². The van der Waals surface area contributed by atoms with Gasteiger partial charge < -0.3 is 24.8 Å². The number of aliphatic hydroxyl groups excluding tert-OH is 1. The Balaban J connectivity index is 2.26. The van der Waals surface area contributed by atoms with Gasteiger partial charge in [0.05, 0.1) is 19.8 Å². The van der Waals surface area contributed by atoms with E-state index in [2.05, 4.69) is 24.8 Å². The number of nitrogens with two attached hydrogens (primary N) is 1. The van der Waals surface area contributed by atoms with Crippen LogP contribution in [0.25, 0.3) is 10.4 Å². The summed E-state index contributed by atoms with van der Waals surface area (Å²) in [7, 11) is -1.76. The first-order chi connectivity index (χ1) is 14.5. The second kappa shape index (κ2) is 9.75. The Labute approximate surface area is 176 Å². The first-order valence-electron chi connectivity index (χ1n) is 8.91. The van der Waals surface area contributed by atoms with Gasteiger partial charge in [-0.05, 0) is 25.4 Å². The van der Waals surface area contributed by atoms with E-state index in [1.807, 2.05) is 0 Å². The van der Waals surface area contributed by atoms with E-state index in [4.69, 9.17) is 25.0 Å². The molecule has 31 heavy (non-hydrogen) atoms. The predicted octanol–water partition coefficient (Wildman–Crippen LogP) is 0.0750. The average molecular weight is 461 g/mol. The van der Waals surface area contributed by atoms with Gasteiger partial charge in [0.15, 0.2) is 6.23 Å². The molecule has 0 aromatic carbocycles. The molecular formula is C15H24N7O8P. The number of rotatable bonds is 9. The number of methoxy groups -OCH3 is 1. The van der Waals surface area contributed by atoms with E-state index < -0.39 is 56.0 Å². The van der Waals surface area contributed by atoms with Gasteiger partial charge in [0.25, 0.3) is 0 Å². The highest BCUT2D eigenvalue weighted by Gasteiger charge is 2.54. The van der Waals surface area contributed by atoms with Crippen molar-refractivity contribution in [3.63, 3.8) is 0 Å². The van der Waals surface area contributed by atoms with Crippen LogP contribution in [-0.4, -0.2) is 65.2 Å². The van der Waals surface area contributed by atoms with Crippen LogP contribution >= 0.6 is 7.75 Å². The lowest BCUT2D eigenvalue weighted by Crippen LogP contribution is -2.44. The molecule has 6 atom stereocenters. The summed E-state index contributed by atoms with van der Waals surface area (Å²) in [6, 6.07) is 0.306. The SMILES string of the molecule is COC(=O)[C@H](C)NP(=O)(OC)OC[C@H]1OC(n2ccc(N)nc2=O)[C@](C)(N=[N+]=[N-])[C@@H]1O. The molecule has 15 nitrogen and oxygen atoms in total. The fourth-order valence-electron chi connectivity index (χ4n) is 2.97. The summed E-state index contributed by atoms with van der Waals surface area (Å²) in [5.74, 6) is -0.735. The number of nitrogen functional groups attached to an aromatic ring is 1. The summed E-state index contributed by atoms with van der Waals surface area (Å²) in [6.07, 6.45) is -2.66. The Kier molecular flexibility index (Phi) is 7.78. The zero-order valence-corrected chi connectivity index (χ0v) is 18.1. The van der Waals surface area contributed by atoms with Crippen LogP contribution in [0.5, 0.6) is 0 Å². The molecule has 2 rings (SSSR count). The van der Waals surface area contributed by atoms with Crippen molar-refractivity contribution in [1.29, 1.82) is 0 Å². The van der Waals surface area contributed by atoms with Gasteiger partial charge in [0, 0.05) is 18.2 Å². The number of hydrogen-bond acceptors (Lipinski definition) is 11. The minimum absolute atomic E-state index is 0.0306. The Hall–Kier alpha value is -2.51. The maximum absolute atomic E-state index is 12.7. The minimum Gasteiger partial charge on any atom is -0.468 e. The van der Waals surface area contributed by atoms with Crippen LogP contribution in [0, 0.1) is 0 Å². The summed E-state index contributed by atoms with van der Waals surface area (Å²) in [5, 5.41) is 16.7. The molecular weight excluding hydrogens is 437 g/mol. The Morgan fingerprint density at radius 1 is 1.61 bits per heavy atom. The molecule has 1 aromatic rings. The number of carbonyl (C=O) groups excluding carboxylic acids is 1. The number of hydrogen-bond donors (Lipinski definition) is 3. The topological polar surface area (TPSA) is 213 Å². The van der Waals surface area contributed by atoms with Crippen LogP contribution in [0.3, 0.4) is 0 Å². The molecule has 1 fully saturated rings. The maximum Gasteiger partial charge on any atom is 0.406 e. The van der Waals surface area contributed by atoms with Gasteiger partial charge in [0.1, 0.15) is 23.5 Å². The number of nitrogens with one attached hydrogen (secondary N) is 1. The van der Waals surface area contributed by atoms with Crippen molar-refractivity contribution in [2.24, 2.45) is 5.11 Å². The minimum atomic E-state index is -4.01. The van der Waals surface area contributed by atoms with Crippen molar-refractivity contribution in [3.05, 3.63) is 33.2 Å². The van der Waals surface area contributed by atoms with Crippen LogP contribution in [-0.2, 0) is 27.9 Å². The standard InChI is InChI=1S/C15H24N7O8P/c1-8(12(24)27-3)19-31(26,28-4)29-7-9-11(23)15(2,20-21-17)13(30-9)22-6-5-10(16)18-14(22)25/h5-6,8-9,11,13,23H,7H2,1-4H3,(H,19,26)(H2,16,18,25)/t8-,9+,11+,13?,15+,31?/m0/s1. The molecule has 0 aliphatic carbocycles. The number of azide groups is 1. The molecule has 172 valence electrons. The number of nitrogens with zero attached hydrogens (tertiary/aromatic N) is 5. The molecule has 0 saturated carbocycles.